The number of hydrogen-bond donors (Lipinski definition) is 2. The number of ether oxygens (including phenoxy) is 1. The number of aromatic carboxylic acids is 1. The van der Waals surface area contributed by atoms with Gasteiger partial charge in [0.2, 0.25) is 0 Å². The zero-order chi connectivity index (χ0) is 21.1. The first-order valence-electron chi connectivity index (χ1n) is 8.90. The van der Waals surface area contributed by atoms with Crippen molar-refractivity contribution in [2.45, 2.75) is 26.3 Å². The molecule has 2 heterocycles. The fraction of sp³-hybridized carbons (Fsp3) is 0.250. The molecule has 0 fully saturated rings. The second-order valence-electron chi connectivity index (χ2n) is 6.31. The smallest absolute Gasteiger partial charge is 0.340 e. The summed E-state index contributed by atoms with van der Waals surface area (Å²) in [6, 6.07) is 7.15. The highest BCUT2D eigenvalue weighted by Crippen LogP contribution is 2.32. The molecule has 0 aliphatic heterocycles. The molecule has 8 nitrogen and oxygen atoms in total. The number of Topliss-reactive ketones (excluding diaryl/α,β-unsaturated/α-hetero) is 1. The second kappa shape index (κ2) is 8.40. The number of carboxylic acid groups (broad SMARTS) is 1. The van der Waals surface area contributed by atoms with Crippen LogP contribution in [0.1, 0.15) is 39.8 Å². The molecule has 2 aromatic heterocycles. The predicted molar refractivity (Wildman–Crippen MR) is 108 cm³/mol. The van der Waals surface area contributed by atoms with Crippen LogP contribution in [0, 0.1) is 0 Å². The number of ketones is 1. The summed E-state index contributed by atoms with van der Waals surface area (Å²) in [6.45, 7) is 2.27. The minimum absolute atomic E-state index is 0.00438. The lowest BCUT2D eigenvalue weighted by Gasteiger charge is -2.01. The van der Waals surface area contributed by atoms with E-state index < -0.39 is 5.97 Å². The lowest BCUT2D eigenvalue weighted by molar-refractivity contribution is 0.0693. The highest BCUT2D eigenvalue weighted by molar-refractivity contribution is 6.33. The van der Waals surface area contributed by atoms with Crippen molar-refractivity contribution in [3.05, 3.63) is 52.4 Å². The van der Waals surface area contributed by atoms with E-state index in [1.165, 1.54) is 10.8 Å². The summed E-state index contributed by atoms with van der Waals surface area (Å²) >= 11 is 6.38. The Hall–Kier alpha value is -3.26. The molecule has 3 N–H and O–H groups in total. The van der Waals surface area contributed by atoms with Crippen LogP contribution >= 0.6 is 11.6 Å². The Morgan fingerprint density at radius 2 is 2.00 bits per heavy atom. The average Bonchev–Trinajstić information content (AvgIpc) is 3.25. The number of methoxy groups -OCH3 is 1. The monoisotopic (exact) mass is 417 g/mol. The third-order valence-electron chi connectivity index (χ3n) is 4.62. The van der Waals surface area contributed by atoms with Crippen LogP contribution in [0.3, 0.4) is 0 Å². The van der Waals surface area contributed by atoms with Crippen molar-refractivity contribution in [2.75, 3.05) is 12.8 Å². The van der Waals surface area contributed by atoms with Crippen LogP contribution in [-0.2, 0) is 13.0 Å². The first-order chi connectivity index (χ1) is 13.9. The summed E-state index contributed by atoms with van der Waals surface area (Å²) in [5.41, 5.74) is 6.95. The van der Waals surface area contributed by atoms with Crippen LogP contribution in [0.4, 0.5) is 5.82 Å². The number of nitrogen functional groups attached to an aromatic ring is 1. The molecule has 0 aliphatic rings. The fourth-order valence-electron chi connectivity index (χ4n) is 3.03. The minimum atomic E-state index is -1.24. The number of halogens is 1. The first kappa shape index (κ1) is 20.5. The number of nitrogens with zero attached hydrogens (tertiary/aromatic N) is 2. The van der Waals surface area contributed by atoms with E-state index in [1.54, 1.807) is 31.4 Å². The van der Waals surface area contributed by atoms with Crippen molar-refractivity contribution < 1.29 is 24.0 Å². The normalized spacial score (nSPS) is 10.9. The van der Waals surface area contributed by atoms with Crippen LogP contribution in [0.5, 0.6) is 5.75 Å². The molecule has 0 bridgehead atoms. The highest BCUT2D eigenvalue weighted by Gasteiger charge is 2.25. The zero-order valence-corrected chi connectivity index (χ0v) is 16.7. The van der Waals surface area contributed by atoms with Gasteiger partial charge >= 0.3 is 5.97 Å². The van der Waals surface area contributed by atoms with Gasteiger partial charge in [0, 0.05) is 31.1 Å². The molecule has 3 aromatic rings. The highest BCUT2D eigenvalue weighted by atomic mass is 35.5. The van der Waals surface area contributed by atoms with E-state index in [9.17, 15) is 14.7 Å². The van der Waals surface area contributed by atoms with Crippen molar-refractivity contribution in [3.63, 3.8) is 0 Å². The van der Waals surface area contributed by atoms with E-state index in [2.05, 4.69) is 5.16 Å². The van der Waals surface area contributed by atoms with Crippen molar-refractivity contribution in [1.29, 1.82) is 0 Å². The second-order valence-corrected chi connectivity index (χ2v) is 6.69. The molecular weight excluding hydrogens is 398 g/mol. The molecule has 0 radical (unpaired) electrons. The number of carbonyl (C=O) groups excluding carboxylic acids is 1. The summed E-state index contributed by atoms with van der Waals surface area (Å²) in [5, 5.41) is 13.7. The van der Waals surface area contributed by atoms with E-state index in [-0.39, 0.29) is 35.6 Å². The molecule has 0 saturated carbocycles. The number of benzene rings is 1. The van der Waals surface area contributed by atoms with Gasteiger partial charge in [-0.25, -0.2) is 4.79 Å². The summed E-state index contributed by atoms with van der Waals surface area (Å²) < 4.78 is 12.0. The Bertz CT molecular complexity index is 1050. The standard InChI is InChI=1S/C20H20ClN3O5/c1-3-24-10-13(16(19(24)22)20(26)27)14(25)8-9-15-17(21)18(23-29-15)11-4-6-12(28-2)7-5-11/h4-7,10H,3,8-9,22H2,1-2H3,(H,26,27). The number of hydrogen-bond acceptors (Lipinski definition) is 6. The van der Waals surface area contributed by atoms with Crippen LogP contribution in [0.25, 0.3) is 11.3 Å². The molecule has 0 spiro atoms. The molecule has 0 aliphatic carbocycles. The molecule has 0 unspecified atom stereocenters. The van der Waals surface area contributed by atoms with Gasteiger partial charge in [0.25, 0.3) is 0 Å². The average molecular weight is 418 g/mol. The maximum atomic E-state index is 12.6. The van der Waals surface area contributed by atoms with Crippen molar-refractivity contribution in [2.24, 2.45) is 0 Å². The van der Waals surface area contributed by atoms with Crippen LogP contribution in [0.15, 0.2) is 35.0 Å². The van der Waals surface area contributed by atoms with Crippen molar-refractivity contribution in [1.82, 2.24) is 9.72 Å². The van der Waals surface area contributed by atoms with Gasteiger partial charge in [0.1, 0.15) is 27.8 Å². The van der Waals surface area contributed by atoms with Gasteiger partial charge < -0.3 is 24.7 Å². The van der Waals surface area contributed by atoms with Crippen LogP contribution < -0.4 is 10.5 Å². The molecule has 0 saturated heterocycles. The third kappa shape index (κ3) is 3.97. The van der Waals surface area contributed by atoms with E-state index in [0.29, 0.717) is 28.8 Å². The molecule has 0 amide bonds. The Balaban J connectivity index is 1.78. The number of aromatic nitrogens is 2. The van der Waals surface area contributed by atoms with Gasteiger partial charge in [-0.15, -0.1) is 0 Å². The van der Waals surface area contributed by atoms with Crippen molar-refractivity contribution >= 4 is 29.2 Å². The van der Waals surface area contributed by atoms with Crippen molar-refractivity contribution in [3.8, 4) is 17.0 Å². The van der Waals surface area contributed by atoms with Gasteiger partial charge in [-0.05, 0) is 31.2 Å². The number of nitrogens with two attached hydrogens (primary N) is 1. The molecule has 9 heteroatoms. The molecular formula is C20H20ClN3O5. The van der Waals surface area contributed by atoms with Gasteiger partial charge in [-0.3, -0.25) is 4.79 Å². The van der Waals surface area contributed by atoms with E-state index in [1.807, 2.05) is 6.92 Å². The largest absolute Gasteiger partial charge is 0.497 e. The summed E-state index contributed by atoms with van der Waals surface area (Å²) in [5.74, 6) is -0.488. The van der Waals surface area contributed by atoms with Gasteiger partial charge in [-0.2, -0.15) is 0 Å². The van der Waals surface area contributed by atoms with Gasteiger partial charge in [0.05, 0.1) is 12.7 Å². The maximum absolute atomic E-state index is 12.6. The lowest BCUT2D eigenvalue weighted by Crippen LogP contribution is -2.09. The number of rotatable bonds is 8. The molecule has 29 heavy (non-hydrogen) atoms. The Morgan fingerprint density at radius 3 is 2.59 bits per heavy atom. The summed E-state index contributed by atoms with van der Waals surface area (Å²) in [6.07, 6.45) is 1.65. The lowest BCUT2D eigenvalue weighted by atomic mass is 10.0. The Morgan fingerprint density at radius 1 is 1.31 bits per heavy atom. The van der Waals surface area contributed by atoms with Crippen LogP contribution in [-0.4, -0.2) is 33.7 Å². The molecule has 1 aromatic carbocycles. The fourth-order valence-corrected chi connectivity index (χ4v) is 3.30. The number of carboxylic acids is 1. The quantitative estimate of drug-likeness (QED) is 0.532. The topological polar surface area (TPSA) is 121 Å². The number of anilines is 1. The maximum Gasteiger partial charge on any atom is 0.340 e. The van der Waals surface area contributed by atoms with Gasteiger partial charge in [-0.1, -0.05) is 16.8 Å². The predicted octanol–water partition coefficient (Wildman–Crippen LogP) is 3.92. The Labute approximate surface area is 171 Å². The van der Waals surface area contributed by atoms with Crippen LogP contribution in [0.2, 0.25) is 5.02 Å². The minimum Gasteiger partial charge on any atom is -0.497 e. The molecule has 3 rings (SSSR count). The number of aryl methyl sites for hydroxylation is 2. The molecule has 0 atom stereocenters. The SMILES string of the molecule is CCn1cc(C(=O)CCc2onc(-c3ccc(OC)cc3)c2Cl)c(C(=O)O)c1N. The third-order valence-corrected chi connectivity index (χ3v) is 5.01. The molecule has 152 valence electrons. The van der Waals surface area contributed by atoms with E-state index >= 15 is 0 Å². The summed E-state index contributed by atoms with van der Waals surface area (Å²) in [4.78, 5) is 24.1. The van der Waals surface area contributed by atoms with E-state index in [4.69, 9.17) is 26.6 Å². The number of carbonyl (C=O) groups is 2. The zero-order valence-electron chi connectivity index (χ0n) is 15.9. The van der Waals surface area contributed by atoms with Gasteiger partial charge in [0.15, 0.2) is 11.5 Å². The first-order valence-corrected chi connectivity index (χ1v) is 9.28. The summed E-state index contributed by atoms with van der Waals surface area (Å²) in [7, 11) is 1.57. The van der Waals surface area contributed by atoms with E-state index in [0.717, 1.165) is 5.56 Å². The Kier molecular flexibility index (Phi) is 5.93.